The van der Waals surface area contributed by atoms with Gasteiger partial charge >= 0.3 is 6.36 Å². The minimum atomic E-state index is -4.78. The molecule has 0 radical (unpaired) electrons. The molecule has 1 fully saturated rings. The van der Waals surface area contributed by atoms with E-state index in [4.69, 9.17) is 0 Å². The molecule has 10 heteroatoms. The summed E-state index contributed by atoms with van der Waals surface area (Å²) < 4.78 is 61.7. The molecule has 1 aliphatic heterocycles. The summed E-state index contributed by atoms with van der Waals surface area (Å²) in [5, 5.41) is 5.24. The molecule has 1 aromatic rings. The summed E-state index contributed by atoms with van der Waals surface area (Å²) in [6.45, 7) is 0.361. The summed E-state index contributed by atoms with van der Waals surface area (Å²) >= 11 is 0. The van der Waals surface area contributed by atoms with Crippen LogP contribution in [0.1, 0.15) is 12.8 Å². The number of nitrogens with one attached hydrogen (secondary N) is 2. The van der Waals surface area contributed by atoms with Gasteiger partial charge in [-0.1, -0.05) is 0 Å². The maximum Gasteiger partial charge on any atom is 0.573 e. The van der Waals surface area contributed by atoms with E-state index in [1.807, 2.05) is 0 Å². The molecule has 0 spiro atoms. The SMILES string of the molecule is O=C(Nc1ccc(OC(F)(F)F)cc1)C1CCNC(=S(=O)=O)C1. The summed E-state index contributed by atoms with van der Waals surface area (Å²) in [7, 11) is -2.40. The number of ether oxygens (including phenoxy) is 1. The number of alkyl halides is 3. The molecule has 126 valence electrons. The molecule has 1 heterocycles. The number of halogens is 3. The van der Waals surface area contributed by atoms with Crippen LogP contribution in [0.15, 0.2) is 24.3 Å². The minimum Gasteiger partial charge on any atom is -0.406 e. The van der Waals surface area contributed by atoms with E-state index in [1.54, 1.807) is 0 Å². The third-order valence-corrected chi connectivity index (χ3v) is 3.89. The Morgan fingerprint density at radius 3 is 2.48 bits per heavy atom. The van der Waals surface area contributed by atoms with Gasteiger partial charge in [-0.25, -0.2) is 0 Å². The van der Waals surface area contributed by atoms with Gasteiger partial charge in [0.15, 0.2) is 0 Å². The largest absolute Gasteiger partial charge is 0.573 e. The third kappa shape index (κ3) is 5.25. The monoisotopic (exact) mass is 350 g/mol. The highest BCUT2D eigenvalue weighted by Crippen LogP contribution is 2.24. The van der Waals surface area contributed by atoms with Crippen LogP contribution in [0.3, 0.4) is 0 Å². The second-order valence-corrected chi connectivity index (χ2v) is 5.80. The second-order valence-electron chi connectivity index (χ2n) is 4.84. The van der Waals surface area contributed by atoms with E-state index >= 15 is 0 Å². The number of carbonyl (C=O) groups is 1. The lowest BCUT2D eigenvalue weighted by Crippen LogP contribution is -2.39. The van der Waals surface area contributed by atoms with Crippen LogP contribution in [0.5, 0.6) is 5.75 Å². The van der Waals surface area contributed by atoms with Gasteiger partial charge in [-0.3, -0.25) is 10.1 Å². The van der Waals surface area contributed by atoms with Crippen molar-refractivity contribution in [1.82, 2.24) is 5.32 Å². The molecular weight excluding hydrogens is 337 g/mol. The van der Waals surface area contributed by atoms with E-state index in [0.717, 1.165) is 12.1 Å². The second kappa shape index (κ2) is 7.01. The molecule has 2 rings (SSSR count). The summed E-state index contributed by atoms with van der Waals surface area (Å²) in [5.41, 5.74) is 0.299. The van der Waals surface area contributed by atoms with Crippen molar-refractivity contribution in [2.45, 2.75) is 19.2 Å². The van der Waals surface area contributed by atoms with E-state index in [0.29, 0.717) is 18.7 Å². The predicted octanol–water partition coefficient (Wildman–Crippen LogP) is 1.53. The zero-order valence-corrected chi connectivity index (χ0v) is 12.5. The molecular formula is C13H13F3N2O4S. The number of rotatable bonds is 3. The minimum absolute atomic E-state index is 0.0667. The van der Waals surface area contributed by atoms with Gasteiger partial charge in [0.25, 0.3) is 0 Å². The highest BCUT2D eigenvalue weighted by atomic mass is 32.2. The summed E-state index contributed by atoms with van der Waals surface area (Å²) in [6.07, 6.45) is -4.25. The molecule has 0 saturated carbocycles. The molecule has 23 heavy (non-hydrogen) atoms. The smallest absolute Gasteiger partial charge is 0.406 e. The average Bonchev–Trinajstić information content (AvgIpc) is 2.48. The normalized spacial score (nSPS) is 18.4. The van der Waals surface area contributed by atoms with Gasteiger partial charge in [0, 0.05) is 24.6 Å². The van der Waals surface area contributed by atoms with Crippen molar-refractivity contribution in [3.05, 3.63) is 24.3 Å². The molecule has 1 aliphatic rings. The first-order chi connectivity index (χ1) is 10.7. The van der Waals surface area contributed by atoms with Gasteiger partial charge in [0.05, 0.1) is 0 Å². The molecule has 1 aromatic carbocycles. The van der Waals surface area contributed by atoms with Gasteiger partial charge in [-0.2, -0.15) is 8.42 Å². The maximum atomic E-state index is 12.1. The van der Waals surface area contributed by atoms with Crippen LogP contribution in [0, 0.1) is 5.92 Å². The maximum absolute atomic E-state index is 12.1. The van der Waals surface area contributed by atoms with Crippen molar-refractivity contribution in [3.8, 4) is 5.75 Å². The van der Waals surface area contributed by atoms with E-state index in [9.17, 15) is 26.4 Å². The number of amides is 1. The number of hydrogen-bond acceptors (Lipinski definition) is 4. The standard InChI is InChI=1S/C13H13F3N2O4S/c14-13(15,16)22-10-3-1-9(2-4-10)18-12(19)8-5-6-17-11(7-8)23(20)21/h1-4,8,17H,5-7H2,(H,18,19). The van der Waals surface area contributed by atoms with E-state index < -0.39 is 28.3 Å². The Labute approximate surface area is 131 Å². The van der Waals surface area contributed by atoms with Gasteiger partial charge in [0.1, 0.15) is 10.7 Å². The Balaban J connectivity index is 1.99. The molecule has 0 aromatic heterocycles. The van der Waals surface area contributed by atoms with E-state index in [-0.39, 0.29) is 17.3 Å². The van der Waals surface area contributed by atoms with Gasteiger partial charge in [-0.05, 0) is 30.7 Å². The lowest BCUT2D eigenvalue weighted by Gasteiger charge is -2.22. The van der Waals surface area contributed by atoms with Gasteiger partial charge in [0.2, 0.25) is 16.2 Å². The highest BCUT2D eigenvalue weighted by Gasteiger charge is 2.31. The molecule has 6 nitrogen and oxygen atoms in total. The molecule has 2 N–H and O–H groups in total. The third-order valence-electron chi connectivity index (χ3n) is 3.17. The van der Waals surface area contributed by atoms with Crippen molar-refractivity contribution in [1.29, 1.82) is 0 Å². The lowest BCUT2D eigenvalue weighted by atomic mass is 9.97. The summed E-state index contributed by atoms with van der Waals surface area (Å²) in [5.74, 6) is -1.30. The fourth-order valence-corrected chi connectivity index (χ4v) is 2.68. The molecule has 1 atom stereocenters. The van der Waals surface area contributed by atoms with Crippen molar-refractivity contribution in [2.24, 2.45) is 5.92 Å². The summed E-state index contributed by atoms with van der Waals surface area (Å²) in [4.78, 5) is 12.2. The van der Waals surface area contributed by atoms with Crippen LogP contribution in [-0.4, -0.2) is 32.2 Å². The zero-order valence-electron chi connectivity index (χ0n) is 11.7. The van der Waals surface area contributed by atoms with Gasteiger partial charge in [-0.15, -0.1) is 13.2 Å². The molecule has 1 amide bonds. The summed E-state index contributed by atoms with van der Waals surface area (Å²) in [6, 6.07) is 4.71. The van der Waals surface area contributed by atoms with Crippen molar-refractivity contribution >= 4 is 26.9 Å². The fourth-order valence-electron chi connectivity index (χ4n) is 2.12. The Morgan fingerprint density at radius 2 is 1.91 bits per heavy atom. The van der Waals surface area contributed by atoms with Crippen LogP contribution < -0.4 is 15.4 Å². The van der Waals surface area contributed by atoms with E-state index in [1.165, 1.54) is 12.1 Å². The number of benzene rings is 1. The quantitative estimate of drug-likeness (QED) is 0.808. The topological polar surface area (TPSA) is 84.5 Å². The van der Waals surface area contributed by atoms with Crippen LogP contribution in [0.2, 0.25) is 0 Å². The number of piperidine rings is 1. The lowest BCUT2D eigenvalue weighted by molar-refractivity contribution is -0.274. The molecule has 0 aliphatic carbocycles. The zero-order chi connectivity index (χ0) is 17.0. The average molecular weight is 350 g/mol. The Hall–Kier alpha value is -2.07. The molecule has 1 saturated heterocycles. The molecule has 0 bridgehead atoms. The molecule has 1 unspecified atom stereocenters. The predicted molar refractivity (Wildman–Crippen MR) is 76.4 cm³/mol. The van der Waals surface area contributed by atoms with Gasteiger partial charge < -0.3 is 10.1 Å². The Morgan fingerprint density at radius 1 is 1.26 bits per heavy atom. The first-order valence-electron chi connectivity index (χ1n) is 6.60. The van der Waals surface area contributed by atoms with Crippen molar-refractivity contribution in [3.63, 3.8) is 0 Å². The Bertz CT molecular complexity index is 706. The van der Waals surface area contributed by atoms with Crippen LogP contribution in [0.25, 0.3) is 0 Å². The highest BCUT2D eigenvalue weighted by molar-refractivity contribution is 7.72. The Kier molecular flexibility index (Phi) is 5.26. The van der Waals surface area contributed by atoms with Crippen LogP contribution in [0.4, 0.5) is 18.9 Å². The first-order valence-corrected chi connectivity index (χ1v) is 7.68. The van der Waals surface area contributed by atoms with Crippen LogP contribution in [-0.2, 0) is 15.1 Å². The van der Waals surface area contributed by atoms with Crippen LogP contribution >= 0.6 is 0 Å². The van der Waals surface area contributed by atoms with Crippen molar-refractivity contribution in [2.75, 3.05) is 11.9 Å². The van der Waals surface area contributed by atoms with Crippen molar-refractivity contribution < 1.29 is 31.1 Å². The number of anilines is 1. The number of hydrogen-bond donors (Lipinski definition) is 2. The fraction of sp³-hybridized carbons (Fsp3) is 0.385. The number of carbonyl (C=O) groups excluding carboxylic acids is 1. The first kappa shape index (κ1) is 17.3. The van der Waals surface area contributed by atoms with E-state index in [2.05, 4.69) is 15.4 Å².